The maximum absolute atomic E-state index is 12.7. The monoisotopic (exact) mass is 509 g/mol. The molecule has 1 saturated heterocycles. The highest BCUT2D eigenvalue weighted by molar-refractivity contribution is 5.94. The van der Waals surface area contributed by atoms with Gasteiger partial charge in [-0.1, -0.05) is 17.9 Å². The fourth-order valence-corrected chi connectivity index (χ4v) is 5.30. The number of fused-ring (bicyclic) bond motifs is 1. The van der Waals surface area contributed by atoms with Gasteiger partial charge in [0.1, 0.15) is 11.4 Å². The van der Waals surface area contributed by atoms with E-state index < -0.39 is 5.60 Å². The van der Waals surface area contributed by atoms with Crippen molar-refractivity contribution in [2.45, 2.75) is 37.7 Å². The normalized spacial score (nSPS) is 18.0. The van der Waals surface area contributed by atoms with Gasteiger partial charge in [0.25, 0.3) is 5.91 Å². The fourth-order valence-electron chi connectivity index (χ4n) is 5.30. The molecule has 3 aromatic rings. The lowest BCUT2D eigenvalue weighted by atomic mass is 10.0. The Hall–Kier alpha value is -3.93. The smallest absolute Gasteiger partial charge is 0.254 e. The molecule has 1 saturated carbocycles. The second-order valence-electron chi connectivity index (χ2n) is 10.1. The third-order valence-corrected chi connectivity index (χ3v) is 7.45. The summed E-state index contributed by atoms with van der Waals surface area (Å²) in [6.45, 7) is 3.23. The number of ether oxygens (including phenoxy) is 1. The second kappa shape index (κ2) is 10.4. The van der Waals surface area contributed by atoms with Gasteiger partial charge in [0, 0.05) is 48.3 Å². The number of amides is 1. The molecule has 194 valence electrons. The van der Waals surface area contributed by atoms with Crippen LogP contribution in [0.25, 0.3) is 0 Å². The van der Waals surface area contributed by atoms with Crippen LogP contribution in [0.3, 0.4) is 0 Å². The summed E-state index contributed by atoms with van der Waals surface area (Å²) in [4.78, 5) is 25.9. The summed E-state index contributed by atoms with van der Waals surface area (Å²) in [5, 5.41) is 13.9. The minimum atomic E-state index is -0.847. The Kier molecular flexibility index (Phi) is 6.71. The van der Waals surface area contributed by atoms with Crippen molar-refractivity contribution in [2.75, 3.05) is 43.1 Å². The van der Waals surface area contributed by atoms with E-state index in [1.807, 2.05) is 41.3 Å². The van der Waals surface area contributed by atoms with Crippen LogP contribution in [-0.4, -0.2) is 64.3 Å². The van der Waals surface area contributed by atoms with Gasteiger partial charge in [-0.2, -0.15) is 4.98 Å². The molecule has 1 amide bonds. The van der Waals surface area contributed by atoms with E-state index in [0.717, 1.165) is 61.4 Å². The number of benzene rings is 2. The van der Waals surface area contributed by atoms with Crippen molar-refractivity contribution < 1.29 is 14.6 Å². The molecule has 2 aromatic carbocycles. The number of carbonyl (C=O) groups excluding carboxylic acids is 1. The number of anilines is 4. The summed E-state index contributed by atoms with van der Waals surface area (Å²) in [5.74, 6) is 7.62. The van der Waals surface area contributed by atoms with Gasteiger partial charge in [0.2, 0.25) is 5.95 Å². The largest absolute Gasteiger partial charge is 0.378 e. The lowest BCUT2D eigenvalue weighted by Gasteiger charge is -2.26. The van der Waals surface area contributed by atoms with E-state index in [0.29, 0.717) is 37.8 Å². The Morgan fingerprint density at radius 2 is 1.82 bits per heavy atom. The molecule has 8 nitrogen and oxygen atoms in total. The Morgan fingerprint density at radius 1 is 1.03 bits per heavy atom. The van der Waals surface area contributed by atoms with Gasteiger partial charge < -0.3 is 25.0 Å². The number of rotatable bonds is 4. The van der Waals surface area contributed by atoms with Gasteiger partial charge in [0.15, 0.2) is 0 Å². The molecule has 38 heavy (non-hydrogen) atoms. The van der Waals surface area contributed by atoms with Crippen LogP contribution in [0.1, 0.15) is 47.2 Å². The lowest BCUT2D eigenvalue weighted by molar-refractivity contribution is 0.0303. The van der Waals surface area contributed by atoms with Crippen LogP contribution < -0.4 is 10.2 Å². The predicted molar refractivity (Wildman–Crippen MR) is 146 cm³/mol. The van der Waals surface area contributed by atoms with E-state index >= 15 is 0 Å². The Bertz CT molecular complexity index is 1380. The van der Waals surface area contributed by atoms with Crippen molar-refractivity contribution in [3.63, 3.8) is 0 Å². The third-order valence-electron chi connectivity index (χ3n) is 7.45. The van der Waals surface area contributed by atoms with Crippen LogP contribution in [0, 0.1) is 11.8 Å². The molecule has 1 aliphatic carbocycles. The molecule has 0 bridgehead atoms. The molecular weight excluding hydrogens is 478 g/mol. The summed E-state index contributed by atoms with van der Waals surface area (Å²) in [5.41, 5.74) is 3.86. The zero-order chi connectivity index (χ0) is 26.0. The quantitative estimate of drug-likeness (QED) is 0.513. The van der Waals surface area contributed by atoms with Crippen molar-refractivity contribution in [3.8, 4) is 11.8 Å². The summed E-state index contributed by atoms with van der Waals surface area (Å²) in [7, 11) is 0. The second-order valence-corrected chi connectivity index (χ2v) is 10.1. The lowest BCUT2D eigenvalue weighted by Crippen LogP contribution is -2.40. The number of nitrogens with one attached hydrogen (secondary N) is 1. The molecule has 0 radical (unpaired) electrons. The predicted octanol–water partition coefficient (Wildman–Crippen LogP) is 4.04. The molecule has 2 fully saturated rings. The van der Waals surface area contributed by atoms with Crippen molar-refractivity contribution in [2.24, 2.45) is 0 Å². The number of aromatic nitrogens is 2. The highest BCUT2D eigenvalue weighted by Gasteiger charge is 2.29. The van der Waals surface area contributed by atoms with E-state index in [9.17, 15) is 9.90 Å². The topological polar surface area (TPSA) is 90.8 Å². The molecule has 2 aliphatic heterocycles. The molecule has 2 N–H and O–H groups in total. The van der Waals surface area contributed by atoms with Gasteiger partial charge in [-0.05, 0) is 80.1 Å². The molecule has 1 aromatic heterocycles. The van der Waals surface area contributed by atoms with E-state index in [-0.39, 0.29) is 5.91 Å². The fraction of sp³-hybridized carbons (Fsp3) is 0.367. The van der Waals surface area contributed by atoms with E-state index in [1.54, 1.807) is 6.20 Å². The summed E-state index contributed by atoms with van der Waals surface area (Å²) >= 11 is 0. The highest BCUT2D eigenvalue weighted by Crippen LogP contribution is 2.35. The van der Waals surface area contributed by atoms with Gasteiger partial charge >= 0.3 is 0 Å². The Morgan fingerprint density at radius 3 is 2.61 bits per heavy atom. The van der Waals surface area contributed by atoms with Crippen LogP contribution in [0.2, 0.25) is 0 Å². The van der Waals surface area contributed by atoms with Crippen molar-refractivity contribution in [1.29, 1.82) is 0 Å². The van der Waals surface area contributed by atoms with Crippen LogP contribution in [-0.2, 0) is 11.2 Å². The number of morpholine rings is 1. The average molecular weight is 510 g/mol. The van der Waals surface area contributed by atoms with Crippen LogP contribution in [0.5, 0.6) is 0 Å². The van der Waals surface area contributed by atoms with E-state index in [1.165, 1.54) is 5.56 Å². The molecule has 0 unspecified atom stereocenters. The third kappa shape index (κ3) is 5.21. The summed E-state index contributed by atoms with van der Waals surface area (Å²) < 4.78 is 5.34. The number of carbonyl (C=O) groups is 1. The van der Waals surface area contributed by atoms with E-state index in [2.05, 4.69) is 39.2 Å². The standard InChI is InChI=1S/C30H31N5O3/c36-28(34-17-19-38-20-18-34)24-5-7-25(8-6-24)32-29-31-15-10-27(33-29)35-16-11-23-4-3-22(21-26(23)35)9-14-30(37)12-1-2-13-30/h3-8,10,15,21,37H,1-2,11-13,16-20H2,(H,31,32,33). The molecule has 3 aliphatic rings. The van der Waals surface area contributed by atoms with Gasteiger partial charge in [-0.25, -0.2) is 4.98 Å². The van der Waals surface area contributed by atoms with Gasteiger partial charge in [-0.15, -0.1) is 0 Å². The zero-order valence-electron chi connectivity index (χ0n) is 21.3. The highest BCUT2D eigenvalue weighted by atomic mass is 16.5. The Balaban J connectivity index is 1.16. The van der Waals surface area contributed by atoms with Crippen LogP contribution in [0.4, 0.5) is 23.1 Å². The number of hydrogen-bond acceptors (Lipinski definition) is 7. The van der Waals surface area contributed by atoms with Crippen molar-refractivity contribution in [1.82, 2.24) is 14.9 Å². The first kappa shape index (κ1) is 24.4. The molecule has 8 heteroatoms. The van der Waals surface area contributed by atoms with Gasteiger partial charge in [-0.3, -0.25) is 4.79 Å². The van der Waals surface area contributed by atoms with Gasteiger partial charge in [0.05, 0.1) is 13.2 Å². The Labute approximate surface area is 222 Å². The van der Waals surface area contributed by atoms with Crippen molar-refractivity contribution in [3.05, 3.63) is 71.4 Å². The first-order valence-electron chi connectivity index (χ1n) is 13.3. The molecule has 6 rings (SSSR count). The molecule has 0 atom stereocenters. The zero-order valence-corrected chi connectivity index (χ0v) is 21.3. The number of hydrogen-bond donors (Lipinski definition) is 2. The van der Waals surface area contributed by atoms with Crippen LogP contribution >= 0.6 is 0 Å². The van der Waals surface area contributed by atoms with Crippen molar-refractivity contribution >= 4 is 29.0 Å². The summed E-state index contributed by atoms with van der Waals surface area (Å²) in [6.07, 6.45) is 6.24. The minimum absolute atomic E-state index is 0.0206. The molecular formula is C30H31N5O3. The minimum Gasteiger partial charge on any atom is -0.378 e. The maximum atomic E-state index is 12.7. The number of nitrogens with zero attached hydrogens (tertiary/aromatic N) is 4. The molecule has 0 spiro atoms. The first-order valence-corrected chi connectivity index (χ1v) is 13.3. The number of aliphatic hydroxyl groups is 1. The maximum Gasteiger partial charge on any atom is 0.254 e. The van der Waals surface area contributed by atoms with Crippen LogP contribution in [0.15, 0.2) is 54.7 Å². The molecule has 3 heterocycles. The SMILES string of the molecule is O=C(c1ccc(Nc2nccc(N3CCc4ccc(C#CC5(O)CCCC5)cc43)n2)cc1)N1CCOCC1. The van der Waals surface area contributed by atoms with E-state index in [4.69, 9.17) is 9.72 Å². The average Bonchev–Trinajstić information content (AvgIpc) is 3.59. The summed E-state index contributed by atoms with van der Waals surface area (Å²) in [6, 6.07) is 15.6. The first-order chi connectivity index (χ1) is 18.6.